The first-order chi connectivity index (χ1) is 6.27. The molecule has 3 heteroatoms. The lowest BCUT2D eigenvalue weighted by molar-refractivity contribution is 0.184. The molecule has 0 amide bonds. The van der Waals surface area contributed by atoms with Gasteiger partial charge in [-0.15, -0.1) is 0 Å². The van der Waals surface area contributed by atoms with Crippen LogP contribution in [0.25, 0.3) is 0 Å². The fourth-order valence-corrected chi connectivity index (χ4v) is 1.21. The Kier molecular flexibility index (Phi) is 3.86. The zero-order valence-corrected chi connectivity index (χ0v) is 7.72. The fourth-order valence-electron chi connectivity index (χ4n) is 1.21. The monoisotopic (exact) mass is 183 g/mol. The van der Waals surface area contributed by atoms with Gasteiger partial charge in [0.25, 0.3) is 0 Å². The van der Waals surface area contributed by atoms with E-state index < -0.39 is 0 Å². The molecular weight excluding hydrogens is 169 g/mol. The highest BCUT2D eigenvalue weighted by Crippen LogP contribution is 2.11. The number of hydrogen-bond donors (Lipinski definition) is 1. The minimum atomic E-state index is -0.194. The fraction of sp³-hybridized carbons (Fsp3) is 0.400. The van der Waals surface area contributed by atoms with Crippen LogP contribution in [0.5, 0.6) is 0 Å². The Morgan fingerprint density at radius 1 is 1.46 bits per heavy atom. The maximum Gasteiger partial charge on any atom is 0.126 e. The van der Waals surface area contributed by atoms with Crippen molar-refractivity contribution in [3.63, 3.8) is 0 Å². The van der Waals surface area contributed by atoms with Crippen molar-refractivity contribution in [1.82, 2.24) is 0 Å². The molecule has 13 heavy (non-hydrogen) atoms. The normalized spacial score (nSPS) is 10.4. The molecule has 0 atom stereocenters. The number of hydrogen-bond acceptors (Lipinski definition) is 2. The van der Waals surface area contributed by atoms with E-state index in [-0.39, 0.29) is 5.82 Å². The molecule has 0 aromatic heterocycles. The van der Waals surface area contributed by atoms with Gasteiger partial charge in [0.1, 0.15) is 5.82 Å². The van der Waals surface area contributed by atoms with Crippen LogP contribution in [-0.4, -0.2) is 13.7 Å². The largest absolute Gasteiger partial charge is 0.380 e. The van der Waals surface area contributed by atoms with Gasteiger partial charge >= 0.3 is 0 Å². The molecule has 1 aromatic carbocycles. The second kappa shape index (κ2) is 4.94. The van der Waals surface area contributed by atoms with Gasteiger partial charge in [-0.3, -0.25) is 0 Å². The van der Waals surface area contributed by atoms with E-state index in [1.807, 2.05) is 6.07 Å². The molecule has 72 valence electrons. The van der Waals surface area contributed by atoms with Gasteiger partial charge in [0.15, 0.2) is 0 Å². The summed E-state index contributed by atoms with van der Waals surface area (Å²) in [6.07, 6.45) is 0.582. The molecule has 2 N–H and O–H groups in total. The number of ether oxygens (including phenoxy) is 1. The van der Waals surface area contributed by atoms with Gasteiger partial charge in [0.05, 0.1) is 6.61 Å². The molecule has 1 rings (SSSR count). The lowest BCUT2D eigenvalue weighted by Crippen LogP contribution is -2.04. The van der Waals surface area contributed by atoms with Crippen molar-refractivity contribution in [2.45, 2.75) is 13.0 Å². The van der Waals surface area contributed by atoms with Crippen LogP contribution in [0.15, 0.2) is 18.2 Å². The van der Waals surface area contributed by atoms with Gasteiger partial charge in [-0.05, 0) is 30.2 Å². The maximum absolute atomic E-state index is 13.2. The summed E-state index contributed by atoms with van der Waals surface area (Å²) in [5.74, 6) is -0.194. The molecule has 0 unspecified atom stereocenters. The Morgan fingerprint density at radius 3 is 2.77 bits per heavy atom. The van der Waals surface area contributed by atoms with E-state index in [0.29, 0.717) is 25.1 Å². The summed E-state index contributed by atoms with van der Waals surface area (Å²) in [5.41, 5.74) is 6.85. The first-order valence-corrected chi connectivity index (χ1v) is 4.24. The van der Waals surface area contributed by atoms with Gasteiger partial charge in [0.2, 0.25) is 0 Å². The van der Waals surface area contributed by atoms with Crippen molar-refractivity contribution in [3.05, 3.63) is 35.1 Å². The molecule has 0 saturated carbocycles. The van der Waals surface area contributed by atoms with Crippen LogP contribution in [-0.2, 0) is 17.8 Å². The minimum Gasteiger partial charge on any atom is -0.380 e. The molecule has 0 radical (unpaired) electrons. The Labute approximate surface area is 77.5 Å². The highest BCUT2D eigenvalue weighted by molar-refractivity contribution is 5.24. The van der Waals surface area contributed by atoms with Gasteiger partial charge in [0, 0.05) is 7.11 Å². The first-order valence-electron chi connectivity index (χ1n) is 4.24. The molecule has 0 aliphatic carbocycles. The van der Waals surface area contributed by atoms with E-state index in [0.717, 1.165) is 5.56 Å². The number of halogens is 1. The van der Waals surface area contributed by atoms with E-state index in [1.165, 1.54) is 6.07 Å². The van der Waals surface area contributed by atoms with Crippen molar-refractivity contribution >= 4 is 0 Å². The van der Waals surface area contributed by atoms with Gasteiger partial charge in [-0.2, -0.15) is 0 Å². The average molecular weight is 183 g/mol. The molecule has 1 aromatic rings. The SMILES string of the molecule is COCc1ccc(CCN)c(F)c1. The highest BCUT2D eigenvalue weighted by atomic mass is 19.1. The van der Waals surface area contributed by atoms with E-state index >= 15 is 0 Å². The predicted octanol–water partition coefficient (Wildman–Crippen LogP) is 1.47. The van der Waals surface area contributed by atoms with Crippen molar-refractivity contribution in [3.8, 4) is 0 Å². The minimum absolute atomic E-state index is 0.194. The van der Waals surface area contributed by atoms with Crippen molar-refractivity contribution in [2.75, 3.05) is 13.7 Å². The summed E-state index contributed by atoms with van der Waals surface area (Å²) in [4.78, 5) is 0. The van der Waals surface area contributed by atoms with E-state index in [9.17, 15) is 4.39 Å². The number of methoxy groups -OCH3 is 1. The van der Waals surface area contributed by atoms with E-state index in [2.05, 4.69) is 0 Å². The van der Waals surface area contributed by atoms with Crippen LogP contribution in [0.4, 0.5) is 4.39 Å². The lowest BCUT2D eigenvalue weighted by Gasteiger charge is -2.04. The number of nitrogens with two attached hydrogens (primary N) is 1. The standard InChI is InChI=1S/C10H14FNO/c1-13-7-8-2-3-9(4-5-12)10(11)6-8/h2-3,6H,4-5,7,12H2,1H3. The molecule has 0 saturated heterocycles. The van der Waals surface area contributed by atoms with Crippen LogP contribution in [0.3, 0.4) is 0 Å². The Bertz CT molecular complexity index is 276. The molecule has 0 bridgehead atoms. The summed E-state index contributed by atoms with van der Waals surface area (Å²) < 4.78 is 18.1. The summed E-state index contributed by atoms with van der Waals surface area (Å²) in [6.45, 7) is 0.917. The Hall–Kier alpha value is -0.930. The van der Waals surface area contributed by atoms with Gasteiger partial charge < -0.3 is 10.5 Å². The Morgan fingerprint density at radius 2 is 2.23 bits per heavy atom. The molecular formula is C10H14FNO. The maximum atomic E-state index is 13.2. The lowest BCUT2D eigenvalue weighted by atomic mass is 10.1. The van der Waals surface area contributed by atoms with E-state index in [1.54, 1.807) is 13.2 Å². The van der Waals surface area contributed by atoms with Gasteiger partial charge in [-0.1, -0.05) is 12.1 Å². The van der Waals surface area contributed by atoms with Crippen LogP contribution in [0.2, 0.25) is 0 Å². The first kappa shape index (κ1) is 10.2. The molecule has 0 spiro atoms. The third-order valence-corrected chi connectivity index (χ3v) is 1.84. The second-order valence-corrected chi connectivity index (χ2v) is 2.90. The number of rotatable bonds is 4. The summed E-state index contributed by atoms with van der Waals surface area (Å²) in [6, 6.07) is 5.11. The van der Waals surface area contributed by atoms with Crippen LogP contribution >= 0.6 is 0 Å². The summed E-state index contributed by atoms with van der Waals surface area (Å²) >= 11 is 0. The topological polar surface area (TPSA) is 35.2 Å². The smallest absolute Gasteiger partial charge is 0.126 e. The molecule has 2 nitrogen and oxygen atoms in total. The average Bonchev–Trinajstić information content (AvgIpc) is 2.10. The third kappa shape index (κ3) is 2.79. The zero-order valence-electron chi connectivity index (χ0n) is 7.72. The van der Waals surface area contributed by atoms with Crippen molar-refractivity contribution < 1.29 is 9.13 Å². The van der Waals surface area contributed by atoms with Gasteiger partial charge in [-0.25, -0.2) is 4.39 Å². The van der Waals surface area contributed by atoms with Crippen molar-refractivity contribution in [1.29, 1.82) is 0 Å². The van der Waals surface area contributed by atoms with Crippen LogP contribution < -0.4 is 5.73 Å². The summed E-state index contributed by atoms with van der Waals surface area (Å²) in [5, 5.41) is 0. The number of benzene rings is 1. The molecule has 0 aliphatic rings. The Balaban J connectivity index is 2.79. The van der Waals surface area contributed by atoms with Crippen LogP contribution in [0.1, 0.15) is 11.1 Å². The highest BCUT2D eigenvalue weighted by Gasteiger charge is 2.02. The predicted molar refractivity (Wildman–Crippen MR) is 49.9 cm³/mol. The zero-order chi connectivity index (χ0) is 9.68. The third-order valence-electron chi connectivity index (χ3n) is 1.84. The molecule has 0 fully saturated rings. The van der Waals surface area contributed by atoms with E-state index in [4.69, 9.17) is 10.5 Å². The molecule has 0 aliphatic heterocycles. The van der Waals surface area contributed by atoms with Crippen LogP contribution in [0, 0.1) is 5.82 Å². The quantitative estimate of drug-likeness (QED) is 0.767. The molecule has 0 heterocycles. The second-order valence-electron chi connectivity index (χ2n) is 2.90. The summed E-state index contributed by atoms with van der Waals surface area (Å²) in [7, 11) is 1.59. The van der Waals surface area contributed by atoms with Crippen molar-refractivity contribution in [2.24, 2.45) is 5.73 Å².